The minimum atomic E-state index is 0.0711. The van der Waals surface area contributed by atoms with Crippen LogP contribution in [0.3, 0.4) is 0 Å². The Kier molecular flexibility index (Phi) is 5.21. The zero-order valence-corrected chi connectivity index (χ0v) is 15.2. The number of hydrogen-bond donors (Lipinski definition) is 2. The first-order valence-electron chi connectivity index (χ1n) is 9.66. The Morgan fingerprint density at radius 1 is 1.00 bits per heavy atom. The summed E-state index contributed by atoms with van der Waals surface area (Å²) in [6.07, 6.45) is 3.30. The Labute approximate surface area is 155 Å². The van der Waals surface area contributed by atoms with Crippen molar-refractivity contribution < 1.29 is 4.79 Å². The molecule has 2 aliphatic rings. The lowest BCUT2D eigenvalue weighted by molar-refractivity contribution is 0.170. The molecular weight excluding hydrogens is 322 g/mol. The molecule has 26 heavy (non-hydrogen) atoms. The number of nitrogens with one attached hydrogen (secondary N) is 2. The average molecular weight is 349 g/mol. The van der Waals surface area contributed by atoms with Crippen LogP contribution in [0.15, 0.2) is 48.5 Å². The molecule has 1 saturated heterocycles. The van der Waals surface area contributed by atoms with E-state index in [1.54, 1.807) is 0 Å². The van der Waals surface area contributed by atoms with E-state index in [2.05, 4.69) is 59.2 Å². The molecule has 4 heteroatoms. The molecule has 2 aromatic carbocycles. The lowest BCUT2D eigenvalue weighted by Crippen LogP contribution is -2.44. The maximum Gasteiger partial charge on any atom is 0.317 e. The summed E-state index contributed by atoms with van der Waals surface area (Å²) in [6, 6.07) is 17.2. The molecule has 2 amide bonds. The predicted molar refractivity (Wildman–Crippen MR) is 104 cm³/mol. The van der Waals surface area contributed by atoms with Crippen molar-refractivity contribution in [3.63, 3.8) is 0 Å². The molecular formula is C22H27N3O. The number of hydrogen-bond acceptors (Lipinski definition) is 2. The van der Waals surface area contributed by atoms with Crippen LogP contribution in [0.4, 0.5) is 4.79 Å². The van der Waals surface area contributed by atoms with Crippen LogP contribution in [0.5, 0.6) is 0 Å². The van der Waals surface area contributed by atoms with Crippen LogP contribution in [0.2, 0.25) is 0 Å². The zero-order chi connectivity index (χ0) is 17.8. The van der Waals surface area contributed by atoms with Crippen molar-refractivity contribution in [2.75, 3.05) is 13.1 Å². The van der Waals surface area contributed by atoms with Crippen molar-refractivity contribution in [1.82, 2.24) is 15.5 Å². The smallest absolute Gasteiger partial charge is 0.317 e. The summed E-state index contributed by atoms with van der Waals surface area (Å²) < 4.78 is 0. The summed E-state index contributed by atoms with van der Waals surface area (Å²) in [6.45, 7) is 4.22. The Morgan fingerprint density at radius 2 is 1.77 bits per heavy atom. The predicted octanol–water partition coefficient (Wildman–Crippen LogP) is 3.45. The van der Waals surface area contributed by atoms with Crippen molar-refractivity contribution in [3.8, 4) is 0 Å². The first-order valence-corrected chi connectivity index (χ1v) is 9.66. The lowest BCUT2D eigenvalue weighted by Gasteiger charge is -2.32. The van der Waals surface area contributed by atoms with Crippen LogP contribution in [-0.4, -0.2) is 24.0 Å². The van der Waals surface area contributed by atoms with E-state index in [-0.39, 0.29) is 6.03 Å². The van der Waals surface area contributed by atoms with Gasteiger partial charge in [0, 0.05) is 32.7 Å². The highest BCUT2D eigenvalue weighted by atomic mass is 16.2. The highest BCUT2D eigenvalue weighted by molar-refractivity contribution is 5.74. The molecule has 2 N–H and O–H groups in total. The summed E-state index contributed by atoms with van der Waals surface area (Å²) in [5, 5.41) is 6.45. The number of piperidine rings is 1. The molecule has 136 valence electrons. The van der Waals surface area contributed by atoms with Gasteiger partial charge in [0.1, 0.15) is 0 Å². The molecule has 0 aliphatic carbocycles. The largest absolute Gasteiger partial charge is 0.334 e. The van der Waals surface area contributed by atoms with E-state index in [1.165, 1.54) is 22.3 Å². The second-order valence-electron chi connectivity index (χ2n) is 7.49. The van der Waals surface area contributed by atoms with E-state index >= 15 is 0 Å². The van der Waals surface area contributed by atoms with Crippen molar-refractivity contribution >= 4 is 6.03 Å². The molecule has 0 spiro atoms. The van der Waals surface area contributed by atoms with Gasteiger partial charge in [-0.05, 0) is 47.4 Å². The number of nitrogens with zero attached hydrogens (tertiary/aromatic N) is 1. The third kappa shape index (κ3) is 4.07. The van der Waals surface area contributed by atoms with E-state index in [0.29, 0.717) is 12.5 Å². The second-order valence-corrected chi connectivity index (χ2v) is 7.49. The third-order valence-electron chi connectivity index (χ3n) is 5.61. The van der Waals surface area contributed by atoms with Gasteiger partial charge in [-0.2, -0.15) is 0 Å². The Balaban J connectivity index is 1.23. The normalized spacial score (nSPS) is 17.2. The fourth-order valence-electron chi connectivity index (χ4n) is 4.04. The average Bonchev–Trinajstić information content (AvgIpc) is 3.15. The summed E-state index contributed by atoms with van der Waals surface area (Å²) in [5.41, 5.74) is 5.32. The number of carbonyl (C=O) groups is 1. The highest BCUT2D eigenvalue weighted by Crippen LogP contribution is 2.22. The van der Waals surface area contributed by atoms with Gasteiger partial charge < -0.3 is 15.5 Å². The van der Waals surface area contributed by atoms with Gasteiger partial charge in [-0.1, -0.05) is 48.5 Å². The Hall–Kier alpha value is -2.33. The second kappa shape index (κ2) is 7.92. The summed E-state index contributed by atoms with van der Waals surface area (Å²) in [5.74, 6) is 0.686. The SMILES string of the molecule is O=C(NCc1ccc2c(c1)CNC2)N1CCC(Cc2ccccc2)CC1. The van der Waals surface area contributed by atoms with Crippen LogP contribution in [0.25, 0.3) is 0 Å². The lowest BCUT2D eigenvalue weighted by atomic mass is 9.90. The zero-order valence-electron chi connectivity index (χ0n) is 15.2. The van der Waals surface area contributed by atoms with E-state index in [0.717, 1.165) is 45.4 Å². The Morgan fingerprint density at radius 3 is 2.58 bits per heavy atom. The fourth-order valence-corrected chi connectivity index (χ4v) is 4.04. The van der Waals surface area contributed by atoms with Gasteiger partial charge in [-0.15, -0.1) is 0 Å². The molecule has 0 unspecified atom stereocenters. The van der Waals surface area contributed by atoms with Crippen LogP contribution in [0.1, 0.15) is 35.1 Å². The number of fused-ring (bicyclic) bond motifs is 1. The molecule has 2 aliphatic heterocycles. The van der Waals surface area contributed by atoms with Crippen LogP contribution < -0.4 is 10.6 Å². The van der Waals surface area contributed by atoms with Gasteiger partial charge in [0.05, 0.1) is 0 Å². The minimum absolute atomic E-state index is 0.0711. The van der Waals surface area contributed by atoms with Gasteiger partial charge in [0.25, 0.3) is 0 Å². The summed E-state index contributed by atoms with van der Waals surface area (Å²) in [7, 11) is 0. The number of urea groups is 1. The molecule has 0 radical (unpaired) electrons. The topological polar surface area (TPSA) is 44.4 Å². The van der Waals surface area contributed by atoms with Gasteiger partial charge in [0.15, 0.2) is 0 Å². The summed E-state index contributed by atoms with van der Waals surface area (Å²) >= 11 is 0. The molecule has 0 bridgehead atoms. The molecule has 4 nitrogen and oxygen atoms in total. The third-order valence-corrected chi connectivity index (χ3v) is 5.61. The van der Waals surface area contributed by atoms with E-state index < -0.39 is 0 Å². The standard InChI is InChI=1S/C22H27N3O/c26-22(24-14-19-6-7-20-15-23-16-21(20)13-19)25-10-8-18(9-11-25)12-17-4-2-1-3-5-17/h1-7,13,18,23H,8-12,14-16H2,(H,24,26). The van der Waals surface area contributed by atoms with Crippen molar-refractivity contribution in [3.05, 3.63) is 70.8 Å². The molecule has 0 saturated carbocycles. The minimum Gasteiger partial charge on any atom is -0.334 e. The number of rotatable bonds is 4. The van der Waals surface area contributed by atoms with Crippen LogP contribution in [-0.2, 0) is 26.1 Å². The maximum atomic E-state index is 12.5. The van der Waals surface area contributed by atoms with Crippen molar-refractivity contribution in [2.45, 2.75) is 38.9 Å². The number of amides is 2. The van der Waals surface area contributed by atoms with Gasteiger partial charge in [-0.3, -0.25) is 0 Å². The molecule has 0 atom stereocenters. The molecule has 2 heterocycles. The fraction of sp³-hybridized carbons (Fsp3) is 0.409. The van der Waals surface area contributed by atoms with E-state index in [9.17, 15) is 4.79 Å². The first-order chi connectivity index (χ1) is 12.8. The number of benzene rings is 2. The Bertz CT molecular complexity index is 751. The first kappa shape index (κ1) is 17.1. The monoisotopic (exact) mass is 349 g/mol. The van der Waals surface area contributed by atoms with Crippen LogP contribution >= 0.6 is 0 Å². The van der Waals surface area contributed by atoms with Gasteiger partial charge >= 0.3 is 6.03 Å². The molecule has 4 rings (SSSR count). The van der Waals surface area contributed by atoms with Crippen LogP contribution in [0, 0.1) is 5.92 Å². The van der Waals surface area contributed by atoms with E-state index in [4.69, 9.17) is 0 Å². The molecule has 2 aromatic rings. The van der Waals surface area contributed by atoms with E-state index in [1.807, 2.05) is 4.90 Å². The number of carbonyl (C=O) groups excluding carboxylic acids is 1. The highest BCUT2D eigenvalue weighted by Gasteiger charge is 2.22. The van der Waals surface area contributed by atoms with Gasteiger partial charge in [0.2, 0.25) is 0 Å². The van der Waals surface area contributed by atoms with Gasteiger partial charge in [-0.25, -0.2) is 4.79 Å². The maximum absolute atomic E-state index is 12.5. The number of likely N-dealkylation sites (tertiary alicyclic amines) is 1. The molecule has 1 fully saturated rings. The summed E-state index contributed by atoms with van der Waals surface area (Å²) in [4.78, 5) is 14.4. The molecule has 0 aromatic heterocycles. The van der Waals surface area contributed by atoms with Crippen molar-refractivity contribution in [1.29, 1.82) is 0 Å². The van der Waals surface area contributed by atoms with Crippen molar-refractivity contribution in [2.24, 2.45) is 5.92 Å². The quantitative estimate of drug-likeness (QED) is 0.888.